The van der Waals surface area contributed by atoms with Gasteiger partial charge in [-0.1, -0.05) is 23.2 Å². The highest BCUT2D eigenvalue weighted by atomic mass is 35.5. The molecule has 3 rings (SSSR count). The number of aromatic nitrogens is 1. The van der Waals surface area contributed by atoms with Crippen molar-refractivity contribution < 1.29 is 0 Å². The van der Waals surface area contributed by atoms with Gasteiger partial charge in [0.1, 0.15) is 0 Å². The molecule has 0 aliphatic rings. The maximum absolute atomic E-state index is 5.99. The summed E-state index contributed by atoms with van der Waals surface area (Å²) in [6.07, 6.45) is 0. The molecule has 0 spiro atoms. The van der Waals surface area contributed by atoms with Crippen molar-refractivity contribution >= 4 is 50.7 Å². The first-order valence-corrected chi connectivity index (χ1v) is 5.57. The number of halogens is 2. The summed E-state index contributed by atoms with van der Waals surface area (Å²) in [6, 6.07) is 9.32. The van der Waals surface area contributed by atoms with Crippen molar-refractivity contribution in [2.75, 3.05) is 5.73 Å². The van der Waals surface area contributed by atoms with Gasteiger partial charge in [-0.2, -0.15) is 0 Å². The van der Waals surface area contributed by atoms with Crippen LogP contribution in [0.15, 0.2) is 30.3 Å². The Bertz CT molecular complexity index is 701. The Kier molecular flexibility index (Phi) is 2.03. The molecule has 1 heterocycles. The van der Waals surface area contributed by atoms with Crippen molar-refractivity contribution in [2.24, 2.45) is 0 Å². The van der Waals surface area contributed by atoms with Crippen LogP contribution >= 0.6 is 23.2 Å². The Morgan fingerprint density at radius 2 is 1.69 bits per heavy atom. The first-order chi connectivity index (χ1) is 7.65. The summed E-state index contributed by atoms with van der Waals surface area (Å²) in [7, 11) is 0. The molecular weight excluding hydrogens is 243 g/mol. The van der Waals surface area contributed by atoms with Gasteiger partial charge in [-0.3, -0.25) is 0 Å². The van der Waals surface area contributed by atoms with Crippen molar-refractivity contribution in [3.8, 4) is 0 Å². The van der Waals surface area contributed by atoms with Gasteiger partial charge in [0.05, 0.1) is 11.2 Å². The van der Waals surface area contributed by atoms with E-state index in [-0.39, 0.29) is 0 Å². The molecule has 0 fully saturated rings. The topological polar surface area (TPSA) is 41.8 Å². The predicted molar refractivity (Wildman–Crippen MR) is 70.2 cm³/mol. The summed E-state index contributed by atoms with van der Waals surface area (Å²) in [5, 5.41) is 3.37. The summed E-state index contributed by atoms with van der Waals surface area (Å²) in [5.41, 5.74) is 8.47. The number of rotatable bonds is 0. The Hall–Kier alpha value is -1.38. The number of aromatic amines is 1. The summed E-state index contributed by atoms with van der Waals surface area (Å²) in [4.78, 5) is 3.26. The van der Waals surface area contributed by atoms with Gasteiger partial charge in [0.15, 0.2) is 0 Å². The fourth-order valence-corrected chi connectivity index (χ4v) is 2.36. The third kappa shape index (κ3) is 1.34. The third-order valence-electron chi connectivity index (χ3n) is 2.67. The van der Waals surface area contributed by atoms with Gasteiger partial charge >= 0.3 is 0 Å². The zero-order chi connectivity index (χ0) is 11.3. The van der Waals surface area contributed by atoms with Gasteiger partial charge in [-0.25, -0.2) is 0 Å². The van der Waals surface area contributed by atoms with E-state index in [9.17, 15) is 0 Å². The lowest BCUT2D eigenvalue weighted by atomic mass is 10.1. The number of anilines is 1. The molecule has 80 valence electrons. The largest absolute Gasteiger partial charge is 0.397 e. The molecular formula is C12H8Cl2N2. The van der Waals surface area contributed by atoms with E-state index in [1.807, 2.05) is 24.3 Å². The van der Waals surface area contributed by atoms with Crippen LogP contribution in [0.4, 0.5) is 5.69 Å². The Morgan fingerprint density at radius 3 is 2.50 bits per heavy atom. The lowest BCUT2D eigenvalue weighted by Gasteiger charge is -1.97. The Morgan fingerprint density at radius 1 is 0.938 bits per heavy atom. The van der Waals surface area contributed by atoms with E-state index in [0.717, 1.165) is 21.8 Å². The maximum atomic E-state index is 5.99. The lowest BCUT2D eigenvalue weighted by molar-refractivity contribution is 1.54. The van der Waals surface area contributed by atoms with E-state index in [1.165, 1.54) is 0 Å². The van der Waals surface area contributed by atoms with Crippen LogP contribution in [0.5, 0.6) is 0 Å². The zero-order valence-corrected chi connectivity index (χ0v) is 9.73. The van der Waals surface area contributed by atoms with E-state index in [0.29, 0.717) is 15.7 Å². The SMILES string of the molecule is Nc1cc(Cl)cc2c1[nH]c1ccc(Cl)cc12. The molecule has 0 atom stereocenters. The minimum Gasteiger partial charge on any atom is -0.397 e. The van der Waals surface area contributed by atoms with Crippen LogP contribution in [0.1, 0.15) is 0 Å². The average molecular weight is 251 g/mol. The van der Waals surface area contributed by atoms with Crippen LogP contribution in [-0.2, 0) is 0 Å². The van der Waals surface area contributed by atoms with Gasteiger partial charge in [-0.15, -0.1) is 0 Å². The fourth-order valence-electron chi connectivity index (χ4n) is 1.96. The summed E-state index contributed by atoms with van der Waals surface area (Å²) in [6.45, 7) is 0. The minimum absolute atomic E-state index is 0.630. The van der Waals surface area contributed by atoms with Crippen molar-refractivity contribution in [1.29, 1.82) is 0 Å². The molecule has 0 bridgehead atoms. The molecule has 3 aromatic rings. The molecule has 0 unspecified atom stereocenters. The second-order valence-electron chi connectivity index (χ2n) is 3.73. The Balaban J connectivity index is 2.57. The molecule has 16 heavy (non-hydrogen) atoms. The van der Waals surface area contributed by atoms with E-state index in [2.05, 4.69) is 4.98 Å². The molecule has 2 nitrogen and oxygen atoms in total. The first-order valence-electron chi connectivity index (χ1n) is 4.81. The number of nitrogen functional groups attached to an aromatic ring is 1. The molecule has 0 aliphatic heterocycles. The van der Waals surface area contributed by atoms with Crippen molar-refractivity contribution in [2.45, 2.75) is 0 Å². The quantitative estimate of drug-likeness (QED) is 0.577. The smallest absolute Gasteiger partial charge is 0.0699 e. The van der Waals surface area contributed by atoms with E-state index >= 15 is 0 Å². The molecule has 0 amide bonds. The van der Waals surface area contributed by atoms with Gasteiger partial charge in [0.25, 0.3) is 0 Å². The van der Waals surface area contributed by atoms with Gasteiger partial charge in [0.2, 0.25) is 0 Å². The normalized spacial score (nSPS) is 11.4. The van der Waals surface area contributed by atoms with Crippen LogP contribution in [0.3, 0.4) is 0 Å². The second-order valence-corrected chi connectivity index (χ2v) is 4.61. The van der Waals surface area contributed by atoms with Crippen molar-refractivity contribution in [3.05, 3.63) is 40.4 Å². The third-order valence-corrected chi connectivity index (χ3v) is 3.12. The number of nitrogens with one attached hydrogen (secondary N) is 1. The zero-order valence-electron chi connectivity index (χ0n) is 8.22. The molecule has 3 N–H and O–H groups in total. The number of hydrogen-bond acceptors (Lipinski definition) is 1. The highest BCUT2D eigenvalue weighted by molar-refractivity contribution is 6.33. The number of H-pyrrole nitrogens is 1. The number of fused-ring (bicyclic) bond motifs is 3. The molecule has 0 saturated carbocycles. The molecule has 2 aromatic carbocycles. The summed E-state index contributed by atoms with van der Waals surface area (Å²) >= 11 is 12.0. The molecule has 4 heteroatoms. The number of nitrogens with two attached hydrogens (primary N) is 1. The summed E-state index contributed by atoms with van der Waals surface area (Å²) in [5.74, 6) is 0. The number of hydrogen-bond donors (Lipinski definition) is 2. The highest BCUT2D eigenvalue weighted by Gasteiger charge is 2.08. The lowest BCUT2D eigenvalue weighted by Crippen LogP contribution is -1.85. The van der Waals surface area contributed by atoms with Crippen LogP contribution in [0, 0.1) is 0 Å². The van der Waals surface area contributed by atoms with Crippen LogP contribution < -0.4 is 5.73 Å². The fraction of sp³-hybridized carbons (Fsp3) is 0. The molecule has 1 aromatic heterocycles. The first kappa shape index (κ1) is 9.82. The molecule has 0 aliphatic carbocycles. The predicted octanol–water partition coefficient (Wildman–Crippen LogP) is 4.21. The van der Waals surface area contributed by atoms with Gasteiger partial charge in [0, 0.05) is 26.3 Å². The minimum atomic E-state index is 0.630. The van der Waals surface area contributed by atoms with Crippen molar-refractivity contribution in [1.82, 2.24) is 4.98 Å². The Labute approximate surface area is 102 Å². The van der Waals surface area contributed by atoms with Crippen LogP contribution in [0.2, 0.25) is 10.0 Å². The molecule has 0 saturated heterocycles. The standard InChI is InChI=1S/C12H8Cl2N2/c13-6-1-2-11-8(3-6)9-4-7(14)5-10(15)12(9)16-11/h1-5,16H,15H2. The van der Waals surface area contributed by atoms with Gasteiger partial charge < -0.3 is 10.7 Å². The van der Waals surface area contributed by atoms with E-state index in [4.69, 9.17) is 28.9 Å². The van der Waals surface area contributed by atoms with E-state index < -0.39 is 0 Å². The van der Waals surface area contributed by atoms with Gasteiger partial charge in [-0.05, 0) is 30.3 Å². The van der Waals surface area contributed by atoms with Crippen LogP contribution in [-0.4, -0.2) is 4.98 Å². The second kappa shape index (κ2) is 3.30. The van der Waals surface area contributed by atoms with Crippen LogP contribution in [0.25, 0.3) is 21.8 Å². The van der Waals surface area contributed by atoms with Crippen molar-refractivity contribution in [3.63, 3.8) is 0 Å². The monoisotopic (exact) mass is 250 g/mol. The molecule has 0 radical (unpaired) electrons. The number of benzene rings is 2. The van der Waals surface area contributed by atoms with E-state index in [1.54, 1.807) is 6.07 Å². The summed E-state index contributed by atoms with van der Waals surface area (Å²) < 4.78 is 0. The maximum Gasteiger partial charge on any atom is 0.0699 e. The highest BCUT2D eigenvalue weighted by Crippen LogP contribution is 2.33. The average Bonchev–Trinajstić information content (AvgIpc) is 2.57.